The van der Waals surface area contributed by atoms with Gasteiger partial charge in [0.15, 0.2) is 6.10 Å². The Labute approximate surface area is 441 Å². The molecule has 0 radical (unpaired) electrons. The number of allylic oxidation sites excluding steroid dienone is 8. The molecular formula is C60H109O11P. The molecule has 0 spiro atoms. The number of hydrogen-bond acceptors (Lipinski definition) is 10. The zero-order chi connectivity index (χ0) is 52.7. The Morgan fingerprint density at radius 2 is 0.722 bits per heavy atom. The van der Waals surface area contributed by atoms with Crippen LogP contribution in [0.2, 0.25) is 0 Å². The van der Waals surface area contributed by atoms with E-state index in [9.17, 15) is 28.9 Å². The second kappa shape index (κ2) is 54.7. The number of carbonyl (C=O) groups is 3. The van der Waals surface area contributed by atoms with Crippen molar-refractivity contribution in [3.63, 3.8) is 0 Å². The van der Waals surface area contributed by atoms with Crippen LogP contribution in [0.25, 0.3) is 0 Å². The highest BCUT2D eigenvalue weighted by Crippen LogP contribution is 2.43. The highest BCUT2D eigenvalue weighted by atomic mass is 31.2. The highest BCUT2D eigenvalue weighted by Gasteiger charge is 2.28. The Hall–Kier alpha value is -2.56. The van der Waals surface area contributed by atoms with E-state index in [2.05, 4.69) is 69.4 Å². The molecule has 0 bridgehead atoms. The first-order chi connectivity index (χ1) is 35.2. The van der Waals surface area contributed by atoms with Crippen LogP contribution in [-0.4, -0.2) is 66.5 Å². The van der Waals surface area contributed by atoms with Crippen molar-refractivity contribution in [1.82, 2.24) is 0 Å². The molecule has 0 heterocycles. The maximum absolute atomic E-state index is 12.9. The summed E-state index contributed by atoms with van der Waals surface area (Å²) in [6, 6.07) is 0. The monoisotopic (exact) mass is 1040 g/mol. The molecule has 0 aromatic rings. The van der Waals surface area contributed by atoms with Gasteiger partial charge in [0, 0.05) is 19.3 Å². The largest absolute Gasteiger partial charge is 0.472 e. The summed E-state index contributed by atoms with van der Waals surface area (Å²) in [6.45, 7) is 4.52. The Morgan fingerprint density at radius 1 is 0.403 bits per heavy atom. The lowest BCUT2D eigenvalue weighted by molar-refractivity contribution is -0.161. The first-order valence-corrected chi connectivity index (χ1v) is 31.0. The molecule has 72 heavy (non-hydrogen) atoms. The summed E-state index contributed by atoms with van der Waals surface area (Å²) < 4.78 is 39.5. The number of aliphatic hydroxyl groups excluding tert-OH is 1. The fourth-order valence-electron chi connectivity index (χ4n) is 8.29. The third kappa shape index (κ3) is 52.3. The third-order valence-electron chi connectivity index (χ3n) is 12.8. The highest BCUT2D eigenvalue weighted by molar-refractivity contribution is 7.47. The minimum Gasteiger partial charge on any atom is -0.462 e. The SMILES string of the molecule is CC/C=C\C/C=C\C/C=C\C/C=C\CCCCCCC(=O)OC(COC(=O)CCCCCCCCCCCCCCCCCCCCC)COP(=O)(O)OCC(CO)OC(=O)CCCCCCCCCCC. The zero-order valence-electron chi connectivity index (χ0n) is 46.4. The van der Waals surface area contributed by atoms with Crippen LogP contribution < -0.4 is 0 Å². The molecule has 0 aromatic carbocycles. The molecule has 0 rings (SSSR count). The van der Waals surface area contributed by atoms with Gasteiger partial charge < -0.3 is 24.2 Å². The first kappa shape index (κ1) is 69.4. The second-order valence-electron chi connectivity index (χ2n) is 19.8. The van der Waals surface area contributed by atoms with E-state index in [-0.39, 0.29) is 25.9 Å². The Bertz CT molecular complexity index is 1400. The second-order valence-corrected chi connectivity index (χ2v) is 21.2. The van der Waals surface area contributed by atoms with Gasteiger partial charge in [-0.05, 0) is 57.8 Å². The van der Waals surface area contributed by atoms with Crippen LogP contribution in [0.3, 0.4) is 0 Å². The van der Waals surface area contributed by atoms with Gasteiger partial charge in [-0.15, -0.1) is 0 Å². The third-order valence-corrected chi connectivity index (χ3v) is 13.7. The number of ether oxygens (including phenoxy) is 3. The number of carbonyl (C=O) groups excluding carboxylic acids is 3. The van der Waals surface area contributed by atoms with Crippen molar-refractivity contribution in [3.05, 3.63) is 48.6 Å². The first-order valence-electron chi connectivity index (χ1n) is 29.5. The van der Waals surface area contributed by atoms with E-state index >= 15 is 0 Å². The van der Waals surface area contributed by atoms with Crippen molar-refractivity contribution < 1.29 is 52.2 Å². The van der Waals surface area contributed by atoms with Gasteiger partial charge >= 0.3 is 25.7 Å². The Balaban J connectivity index is 4.70. The van der Waals surface area contributed by atoms with E-state index in [1.165, 1.54) is 128 Å². The van der Waals surface area contributed by atoms with Gasteiger partial charge in [-0.3, -0.25) is 23.4 Å². The molecule has 0 aromatic heterocycles. The topological polar surface area (TPSA) is 155 Å². The molecule has 2 N–H and O–H groups in total. The van der Waals surface area contributed by atoms with Gasteiger partial charge in [0.25, 0.3) is 0 Å². The van der Waals surface area contributed by atoms with Crippen LogP contribution in [0.15, 0.2) is 48.6 Å². The maximum atomic E-state index is 12.9. The average molecular weight is 1040 g/mol. The van der Waals surface area contributed by atoms with E-state index in [0.717, 1.165) is 89.9 Å². The van der Waals surface area contributed by atoms with Crippen LogP contribution in [-0.2, 0) is 42.2 Å². The number of phosphoric acid groups is 1. The van der Waals surface area contributed by atoms with E-state index in [1.807, 2.05) is 0 Å². The minimum absolute atomic E-state index is 0.143. The number of aliphatic hydroxyl groups is 1. The predicted octanol–water partition coefficient (Wildman–Crippen LogP) is 17.4. The van der Waals surface area contributed by atoms with E-state index < -0.39 is 57.8 Å². The summed E-state index contributed by atoms with van der Waals surface area (Å²) in [5.74, 6) is -1.48. The summed E-state index contributed by atoms with van der Waals surface area (Å²) in [6.07, 6.45) is 58.0. The van der Waals surface area contributed by atoms with E-state index in [4.69, 9.17) is 23.3 Å². The number of phosphoric ester groups is 1. The maximum Gasteiger partial charge on any atom is 0.472 e. The molecule has 11 nitrogen and oxygen atoms in total. The van der Waals surface area contributed by atoms with Gasteiger partial charge in [-0.25, -0.2) is 4.57 Å². The molecule has 0 aliphatic rings. The molecule has 0 fully saturated rings. The normalized spacial score (nSPS) is 13.7. The summed E-state index contributed by atoms with van der Waals surface area (Å²) in [5, 5.41) is 9.77. The molecule has 3 atom stereocenters. The Morgan fingerprint density at radius 3 is 1.11 bits per heavy atom. The minimum atomic E-state index is -4.75. The summed E-state index contributed by atoms with van der Waals surface area (Å²) in [5.41, 5.74) is 0. The molecule has 0 aliphatic heterocycles. The van der Waals surface area contributed by atoms with Crippen molar-refractivity contribution in [2.75, 3.05) is 26.4 Å². The van der Waals surface area contributed by atoms with Crippen LogP contribution in [0.4, 0.5) is 0 Å². The van der Waals surface area contributed by atoms with E-state index in [0.29, 0.717) is 19.3 Å². The number of unbranched alkanes of at least 4 members (excludes halogenated alkanes) is 30. The smallest absolute Gasteiger partial charge is 0.462 e. The van der Waals surface area contributed by atoms with Crippen molar-refractivity contribution in [1.29, 1.82) is 0 Å². The number of rotatable bonds is 55. The van der Waals surface area contributed by atoms with Crippen molar-refractivity contribution in [2.24, 2.45) is 0 Å². The summed E-state index contributed by atoms with van der Waals surface area (Å²) >= 11 is 0. The molecule has 420 valence electrons. The van der Waals surface area contributed by atoms with Gasteiger partial charge in [0.1, 0.15) is 12.7 Å². The molecule has 0 saturated carbocycles. The van der Waals surface area contributed by atoms with Gasteiger partial charge in [0.2, 0.25) is 0 Å². The molecule has 12 heteroatoms. The van der Waals surface area contributed by atoms with Crippen molar-refractivity contribution in [3.8, 4) is 0 Å². The molecule has 0 aliphatic carbocycles. The van der Waals surface area contributed by atoms with Gasteiger partial charge in [-0.1, -0.05) is 249 Å². The summed E-state index contributed by atoms with van der Waals surface area (Å²) in [7, 11) is -4.75. The quantitative estimate of drug-likeness (QED) is 0.0197. The van der Waals surface area contributed by atoms with Crippen LogP contribution in [0, 0.1) is 0 Å². The molecular weight excluding hydrogens is 928 g/mol. The number of esters is 3. The van der Waals surface area contributed by atoms with E-state index in [1.54, 1.807) is 0 Å². The van der Waals surface area contributed by atoms with Gasteiger partial charge in [0.05, 0.1) is 19.8 Å². The average Bonchev–Trinajstić information content (AvgIpc) is 3.37. The molecule has 0 amide bonds. The molecule has 0 saturated heterocycles. The van der Waals surface area contributed by atoms with Crippen molar-refractivity contribution in [2.45, 2.75) is 290 Å². The van der Waals surface area contributed by atoms with Crippen LogP contribution in [0.5, 0.6) is 0 Å². The lowest BCUT2D eigenvalue weighted by atomic mass is 10.0. The van der Waals surface area contributed by atoms with Gasteiger partial charge in [-0.2, -0.15) is 0 Å². The lowest BCUT2D eigenvalue weighted by Gasteiger charge is -2.21. The fraction of sp³-hybridized carbons (Fsp3) is 0.817. The molecule has 3 unspecified atom stereocenters. The summed E-state index contributed by atoms with van der Waals surface area (Å²) in [4.78, 5) is 48.5. The predicted molar refractivity (Wildman–Crippen MR) is 298 cm³/mol. The van der Waals surface area contributed by atoms with Crippen molar-refractivity contribution >= 4 is 25.7 Å². The fourth-order valence-corrected chi connectivity index (χ4v) is 9.07. The van der Waals surface area contributed by atoms with Crippen LogP contribution in [0.1, 0.15) is 278 Å². The van der Waals surface area contributed by atoms with Crippen LogP contribution >= 0.6 is 7.82 Å². The zero-order valence-corrected chi connectivity index (χ0v) is 47.3. The standard InChI is InChI=1S/C60H109O11P/c1-4-7-10-13-16-19-21-23-25-27-28-30-31-33-35-38-40-43-46-49-58(62)67-53-57(71-60(64)51-48-45-42-39-36-34-32-29-26-24-22-20-17-14-11-8-5-2)55-69-72(65,66)68-54-56(52-61)70-59(63)50-47-44-41-37-18-15-12-9-6-3/h8,11,17,20,24,26,32,34,56-57,61H,4-7,9-10,12-16,18-19,21-23,25,27-31,33,35-55H2,1-3H3,(H,65,66)/b11-8-,20-17-,26-24-,34-32-. The Kier molecular flexibility index (Phi) is 52.7. The number of hydrogen-bond donors (Lipinski definition) is 2. The lowest BCUT2D eigenvalue weighted by Crippen LogP contribution is -2.30.